The van der Waals surface area contributed by atoms with Crippen LogP contribution in [0.2, 0.25) is 15.7 Å². The highest BCUT2D eigenvalue weighted by molar-refractivity contribution is 6.31. The molecule has 8 nitrogen and oxygen atoms in total. The van der Waals surface area contributed by atoms with Crippen molar-refractivity contribution in [2.24, 2.45) is 0 Å². The van der Waals surface area contributed by atoms with Gasteiger partial charge in [-0.1, -0.05) is 18.0 Å². The molecule has 0 saturated carbocycles. The van der Waals surface area contributed by atoms with Crippen LogP contribution in [0.25, 0.3) is 0 Å². The zero-order valence-electron chi connectivity index (χ0n) is 17.0. The smallest absolute Gasteiger partial charge is 0.225 e. The van der Waals surface area contributed by atoms with Gasteiger partial charge in [-0.25, -0.2) is 19.9 Å². The minimum absolute atomic E-state index is 0.0101. The predicted molar refractivity (Wildman–Crippen MR) is 121 cm³/mol. The molecule has 0 unspecified atom stereocenters. The Morgan fingerprint density at radius 2 is 1.29 bits per heavy atom. The Labute approximate surface area is 197 Å². The fourth-order valence-corrected chi connectivity index (χ4v) is 3.58. The van der Waals surface area contributed by atoms with Crippen molar-refractivity contribution in [3.63, 3.8) is 0 Å². The van der Waals surface area contributed by atoms with Gasteiger partial charge in [-0.2, -0.15) is 10.5 Å². The molecule has 0 amide bonds. The number of nitrogens with one attached hydrogen (secondary N) is 1. The predicted octanol–water partition coefficient (Wildman–Crippen LogP) is 4.41. The van der Waals surface area contributed by atoms with Crippen LogP contribution in [0.15, 0.2) is 12.1 Å². The molecule has 0 bridgehead atoms. The first-order valence-electron chi connectivity index (χ1n) is 10.0. The van der Waals surface area contributed by atoms with Crippen LogP contribution in [0.3, 0.4) is 0 Å². The van der Waals surface area contributed by atoms with Gasteiger partial charge in [0.2, 0.25) is 10.6 Å². The number of hydrogen-bond donors (Lipinski definition) is 1. The van der Waals surface area contributed by atoms with Crippen molar-refractivity contribution >= 4 is 40.6 Å². The van der Waals surface area contributed by atoms with Crippen LogP contribution in [-0.2, 0) is 0 Å². The summed E-state index contributed by atoms with van der Waals surface area (Å²) in [5.41, 5.74) is 0.501. The van der Waals surface area contributed by atoms with E-state index in [1.807, 2.05) is 6.07 Å². The Bertz CT molecular complexity index is 884. The van der Waals surface area contributed by atoms with Gasteiger partial charge >= 0.3 is 0 Å². The Hall–Kier alpha value is -2.23. The van der Waals surface area contributed by atoms with Gasteiger partial charge < -0.3 is 10.2 Å². The van der Waals surface area contributed by atoms with Gasteiger partial charge in [-0.3, -0.25) is 0 Å². The van der Waals surface area contributed by atoms with E-state index < -0.39 is 0 Å². The molecule has 2 saturated heterocycles. The third-order valence-electron chi connectivity index (χ3n) is 4.47. The van der Waals surface area contributed by atoms with Crippen molar-refractivity contribution < 1.29 is 0 Å². The Morgan fingerprint density at radius 1 is 0.742 bits per heavy atom. The minimum atomic E-state index is -0.0101. The number of halogens is 3. The summed E-state index contributed by atoms with van der Waals surface area (Å²) >= 11 is 16.6. The monoisotopic (exact) mass is 480 g/mol. The van der Waals surface area contributed by atoms with E-state index in [1.165, 1.54) is 57.7 Å². The summed E-state index contributed by atoms with van der Waals surface area (Å²) in [7, 11) is 0. The van der Waals surface area contributed by atoms with E-state index in [2.05, 4.69) is 30.2 Å². The maximum atomic E-state index is 8.77. The van der Waals surface area contributed by atoms with Crippen LogP contribution in [0, 0.1) is 22.7 Å². The Morgan fingerprint density at radius 3 is 1.77 bits per heavy atom. The molecular weight excluding hydrogens is 459 g/mol. The molecule has 0 atom stereocenters. The second kappa shape index (κ2) is 14.0. The first kappa shape index (κ1) is 25.0. The first-order valence-corrected chi connectivity index (χ1v) is 11.2. The minimum Gasteiger partial charge on any atom is -0.356 e. The summed E-state index contributed by atoms with van der Waals surface area (Å²) in [6.07, 6.45) is 7.82. The van der Waals surface area contributed by atoms with Crippen molar-refractivity contribution in [1.29, 1.82) is 10.5 Å². The van der Waals surface area contributed by atoms with E-state index in [-0.39, 0.29) is 21.4 Å². The molecule has 2 aromatic rings. The van der Waals surface area contributed by atoms with Gasteiger partial charge in [-0.05, 0) is 68.4 Å². The number of hydrogen-bond acceptors (Lipinski definition) is 8. The molecule has 4 heterocycles. The number of aromatic nitrogens is 4. The number of nitriles is 2. The van der Waals surface area contributed by atoms with Crippen molar-refractivity contribution in [3.8, 4) is 12.1 Å². The fourth-order valence-electron chi connectivity index (χ4n) is 3.00. The molecule has 0 radical (unpaired) electrons. The number of piperidine rings is 2. The Balaban J connectivity index is 0.000000183. The van der Waals surface area contributed by atoms with Gasteiger partial charge in [-0.15, -0.1) is 0 Å². The molecule has 0 aliphatic carbocycles. The van der Waals surface area contributed by atoms with Gasteiger partial charge in [0.25, 0.3) is 0 Å². The van der Waals surface area contributed by atoms with Crippen LogP contribution in [0.4, 0.5) is 5.82 Å². The lowest BCUT2D eigenvalue weighted by atomic mass is 10.1. The van der Waals surface area contributed by atoms with Crippen LogP contribution >= 0.6 is 34.8 Å². The number of rotatable bonds is 1. The molecule has 31 heavy (non-hydrogen) atoms. The quantitative estimate of drug-likeness (QED) is 0.470. The van der Waals surface area contributed by atoms with Crippen LogP contribution in [0.5, 0.6) is 0 Å². The lowest BCUT2D eigenvalue weighted by Gasteiger charge is -2.27. The summed E-state index contributed by atoms with van der Waals surface area (Å²) in [4.78, 5) is 17.2. The zero-order chi connectivity index (χ0) is 22.5. The van der Waals surface area contributed by atoms with E-state index in [0.717, 1.165) is 18.9 Å². The third-order valence-corrected chi connectivity index (χ3v) is 5.00. The lowest BCUT2D eigenvalue weighted by Crippen LogP contribution is -2.30. The molecule has 2 aliphatic rings. The van der Waals surface area contributed by atoms with Gasteiger partial charge in [0.15, 0.2) is 0 Å². The molecule has 2 aliphatic heterocycles. The molecule has 11 heteroatoms. The summed E-state index contributed by atoms with van der Waals surface area (Å²) in [6.45, 7) is 4.47. The van der Waals surface area contributed by atoms with E-state index in [4.69, 9.17) is 45.3 Å². The average molecular weight is 482 g/mol. The van der Waals surface area contributed by atoms with Crippen molar-refractivity contribution in [1.82, 2.24) is 25.3 Å². The summed E-state index contributed by atoms with van der Waals surface area (Å²) in [6, 6.07) is 6.81. The largest absolute Gasteiger partial charge is 0.356 e. The summed E-state index contributed by atoms with van der Waals surface area (Å²) < 4.78 is 0. The maximum absolute atomic E-state index is 8.77. The standard InChI is InChI=1S/C10H11ClN4.C5HCl2N3.C5H11N/c11-10-13-8(7-12)6-9(14-10)15-4-2-1-3-5-15;6-4-1-3(2-8)9-5(7)10-4;1-2-4-6-5-3-1/h6H,1-5H2;1H;6H,1-5H2. The molecule has 0 aromatic carbocycles. The number of nitrogens with zero attached hydrogens (tertiary/aromatic N) is 7. The van der Waals surface area contributed by atoms with E-state index in [1.54, 1.807) is 12.1 Å². The summed E-state index contributed by atoms with van der Waals surface area (Å²) in [5, 5.41) is 20.7. The normalized spacial score (nSPS) is 15.3. The fraction of sp³-hybridized carbons (Fsp3) is 0.500. The third kappa shape index (κ3) is 9.63. The van der Waals surface area contributed by atoms with Crippen LogP contribution in [0.1, 0.15) is 49.9 Å². The summed E-state index contributed by atoms with van der Waals surface area (Å²) in [5.74, 6) is 0.770. The van der Waals surface area contributed by atoms with E-state index in [9.17, 15) is 0 Å². The second-order valence-electron chi connectivity index (χ2n) is 6.81. The van der Waals surface area contributed by atoms with E-state index in [0.29, 0.717) is 5.69 Å². The molecule has 4 rings (SSSR count). The highest BCUT2D eigenvalue weighted by Gasteiger charge is 2.13. The Kier molecular flexibility index (Phi) is 11.3. The van der Waals surface area contributed by atoms with Crippen molar-refractivity contribution in [2.45, 2.75) is 38.5 Å². The van der Waals surface area contributed by atoms with Crippen molar-refractivity contribution in [3.05, 3.63) is 39.2 Å². The van der Waals surface area contributed by atoms with Gasteiger partial charge in [0, 0.05) is 25.2 Å². The maximum Gasteiger partial charge on any atom is 0.225 e. The van der Waals surface area contributed by atoms with Gasteiger partial charge in [0.1, 0.15) is 34.5 Å². The SMILES string of the molecule is C1CCNCC1.N#Cc1cc(Cl)nc(Cl)n1.N#Cc1cc(N2CCCCC2)nc(Cl)n1. The van der Waals surface area contributed by atoms with Gasteiger partial charge in [0.05, 0.1) is 0 Å². The molecule has 164 valence electrons. The van der Waals surface area contributed by atoms with Crippen LogP contribution in [-0.4, -0.2) is 46.1 Å². The number of anilines is 1. The van der Waals surface area contributed by atoms with Crippen LogP contribution < -0.4 is 10.2 Å². The molecule has 0 spiro atoms. The second-order valence-corrected chi connectivity index (χ2v) is 7.87. The van der Waals surface area contributed by atoms with E-state index >= 15 is 0 Å². The highest BCUT2D eigenvalue weighted by atomic mass is 35.5. The topological polar surface area (TPSA) is 114 Å². The molecular formula is C20H23Cl3N8. The highest BCUT2D eigenvalue weighted by Crippen LogP contribution is 2.19. The lowest BCUT2D eigenvalue weighted by molar-refractivity contribution is 0.520. The molecule has 2 fully saturated rings. The van der Waals surface area contributed by atoms with Crippen molar-refractivity contribution in [2.75, 3.05) is 31.1 Å². The average Bonchev–Trinajstić information content (AvgIpc) is 2.80. The zero-order valence-corrected chi connectivity index (χ0v) is 19.3. The first-order chi connectivity index (χ1) is 15.0. The molecule has 1 N–H and O–H groups in total. The molecule has 2 aromatic heterocycles.